The van der Waals surface area contributed by atoms with Crippen molar-refractivity contribution in [2.24, 2.45) is 5.84 Å². The summed E-state index contributed by atoms with van der Waals surface area (Å²) < 4.78 is 25.6. The third kappa shape index (κ3) is 4.65. The fraction of sp³-hybridized carbons (Fsp3) is 0.714. The standard InChI is InChI=1S/C7H14N4O2S2/c1-15(12,13)4-2-3-6(10-8)7-5-9-11-14-7/h5-6,10H,2-4,8H2,1H3. The smallest absolute Gasteiger partial charge is 0.147 e. The lowest BCUT2D eigenvalue weighted by atomic mass is 10.1. The Morgan fingerprint density at radius 2 is 2.40 bits per heavy atom. The number of nitrogens with one attached hydrogen (secondary N) is 1. The Morgan fingerprint density at radius 1 is 1.67 bits per heavy atom. The van der Waals surface area contributed by atoms with E-state index in [4.69, 9.17) is 5.84 Å². The molecule has 0 saturated carbocycles. The summed E-state index contributed by atoms with van der Waals surface area (Å²) in [5.41, 5.74) is 2.63. The zero-order chi connectivity index (χ0) is 11.3. The third-order valence-electron chi connectivity index (χ3n) is 1.93. The number of hydrogen-bond acceptors (Lipinski definition) is 7. The fourth-order valence-corrected chi connectivity index (χ4v) is 2.47. The van der Waals surface area contributed by atoms with Crippen molar-refractivity contribution in [3.63, 3.8) is 0 Å². The fourth-order valence-electron chi connectivity index (χ4n) is 1.19. The molecular formula is C7H14N4O2S2. The van der Waals surface area contributed by atoms with E-state index in [0.29, 0.717) is 12.8 Å². The first-order valence-electron chi connectivity index (χ1n) is 4.44. The summed E-state index contributed by atoms with van der Waals surface area (Å²) in [4.78, 5) is 0.922. The van der Waals surface area contributed by atoms with Crippen LogP contribution in [0.15, 0.2) is 6.20 Å². The summed E-state index contributed by atoms with van der Waals surface area (Å²) >= 11 is 1.26. The zero-order valence-electron chi connectivity index (χ0n) is 8.38. The van der Waals surface area contributed by atoms with Crippen LogP contribution in [0.1, 0.15) is 23.8 Å². The molecule has 1 heterocycles. The quantitative estimate of drug-likeness (QED) is 0.539. The van der Waals surface area contributed by atoms with Gasteiger partial charge in [-0.2, -0.15) is 0 Å². The molecule has 0 amide bonds. The normalized spacial score (nSPS) is 14.0. The van der Waals surface area contributed by atoms with Gasteiger partial charge in [0.2, 0.25) is 0 Å². The van der Waals surface area contributed by atoms with Gasteiger partial charge in [0.25, 0.3) is 0 Å². The molecule has 1 unspecified atom stereocenters. The third-order valence-corrected chi connectivity index (χ3v) is 3.74. The number of rotatable bonds is 6. The average Bonchev–Trinajstić information content (AvgIpc) is 2.63. The van der Waals surface area contributed by atoms with Crippen LogP contribution in [0.25, 0.3) is 0 Å². The highest BCUT2D eigenvalue weighted by Gasteiger charge is 2.13. The van der Waals surface area contributed by atoms with Crippen LogP contribution < -0.4 is 11.3 Å². The van der Waals surface area contributed by atoms with Crippen molar-refractivity contribution in [3.8, 4) is 0 Å². The van der Waals surface area contributed by atoms with Crippen LogP contribution in [0.2, 0.25) is 0 Å². The molecule has 0 aliphatic carbocycles. The van der Waals surface area contributed by atoms with Crippen molar-refractivity contribution in [1.82, 2.24) is 15.0 Å². The molecule has 1 aromatic heterocycles. The molecule has 0 aliphatic rings. The molecule has 0 radical (unpaired) electrons. The molecule has 86 valence electrons. The van der Waals surface area contributed by atoms with Gasteiger partial charge in [-0.1, -0.05) is 4.49 Å². The predicted molar refractivity (Wildman–Crippen MR) is 58.9 cm³/mol. The van der Waals surface area contributed by atoms with Gasteiger partial charge in [0.05, 0.1) is 17.1 Å². The maximum Gasteiger partial charge on any atom is 0.147 e. The average molecular weight is 250 g/mol. The Labute approximate surface area is 92.9 Å². The minimum Gasteiger partial charge on any atom is -0.271 e. The van der Waals surface area contributed by atoms with E-state index in [9.17, 15) is 8.42 Å². The Morgan fingerprint density at radius 3 is 2.87 bits per heavy atom. The van der Waals surface area contributed by atoms with Gasteiger partial charge >= 0.3 is 0 Å². The lowest BCUT2D eigenvalue weighted by Gasteiger charge is -2.11. The molecule has 15 heavy (non-hydrogen) atoms. The molecule has 1 aromatic rings. The summed E-state index contributed by atoms with van der Waals surface area (Å²) in [5, 5.41) is 3.70. The van der Waals surface area contributed by atoms with Crippen molar-refractivity contribution < 1.29 is 8.42 Å². The summed E-state index contributed by atoms with van der Waals surface area (Å²) in [7, 11) is -2.89. The first-order chi connectivity index (χ1) is 7.03. The number of nitrogens with two attached hydrogens (primary N) is 1. The van der Waals surface area contributed by atoms with Gasteiger partial charge in [0, 0.05) is 12.0 Å². The number of sulfone groups is 1. The largest absolute Gasteiger partial charge is 0.271 e. The molecule has 0 saturated heterocycles. The van der Waals surface area contributed by atoms with E-state index in [1.54, 1.807) is 6.20 Å². The summed E-state index contributed by atoms with van der Waals surface area (Å²) in [6.45, 7) is 0. The molecule has 0 fully saturated rings. The SMILES string of the molecule is CS(=O)(=O)CCCC(NN)c1cnns1. The summed E-state index contributed by atoms with van der Waals surface area (Å²) in [5.74, 6) is 5.54. The van der Waals surface area contributed by atoms with Gasteiger partial charge in [-0.25, -0.2) is 8.42 Å². The summed E-state index contributed by atoms with van der Waals surface area (Å²) in [6.07, 6.45) is 4.10. The number of hydrogen-bond donors (Lipinski definition) is 2. The van der Waals surface area contributed by atoms with Gasteiger partial charge in [0.15, 0.2) is 0 Å². The van der Waals surface area contributed by atoms with Crippen LogP contribution in [0.3, 0.4) is 0 Å². The highest BCUT2D eigenvalue weighted by molar-refractivity contribution is 7.90. The van der Waals surface area contributed by atoms with Crippen molar-refractivity contribution in [2.45, 2.75) is 18.9 Å². The molecule has 8 heteroatoms. The van der Waals surface area contributed by atoms with Gasteiger partial charge in [-0.15, -0.1) is 5.10 Å². The molecule has 0 bridgehead atoms. The van der Waals surface area contributed by atoms with E-state index < -0.39 is 9.84 Å². The zero-order valence-corrected chi connectivity index (χ0v) is 10.0. The monoisotopic (exact) mass is 250 g/mol. The molecule has 0 aliphatic heterocycles. The molecule has 0 spiro atoms. The highest BCUT2D eigenvalue weighted by Crippen LogP contribution is 2.19. The Kier molecular flexibility index (Phi) is 4.58. The predicted octanol–water partition coefficient (Wildman–Crippen LogP) is -0.133. The van der Waals surface area contributed by atoms with Crippen LogP contribution >= 0.6 is 11.5 Å². The Balaban J connectivity index is 2.42. The lowest BCUT2D eigenvalue weighted by Crippen LogP contribution is -2.27. The van der Waals surface area contributed by atoms with E-state index >= 15 is 0 Å². The van der Waals surface area contributed by atoms with E-state index in [-0.39, 0.29) is 11.8 Å². The van der Waals surface area contributed by atoms with Crippen molar-refractivity contribution >= 4 is 21.4 Å². The minimum absolute atomic E-state index is 0.0632. The molecule has 1 rings (SSSR count). The van der Waals surface area contributed by atoms with Crippen molar-refractivity contribution in [1.29, 1.82) is 0 Å². The Hall–Kier alpha value is -0.570. The first-order valence-corrected chi connectivity index (χ1v) is 7.27. The van der Waals surface area contributed by atoms with E-state index in [1.807, 2.05) is 0 Å². The molecule has 6 nitrogen and oxygen atoms in total. The summed E-state index contributed by atoms with van der Waals surface area (Å²) in [6, 6.07) is -0.0632. The van der Waals surface area contributed by atoms with Gasteiger partial charge < -0.3 is 0 Å². The van der Waals surface area contributed by atoms with Crippen LogP contribution in [-0.2, 0) is 9.84 Å². The first kappa shape index (κ1) is 12.5. The molecule has 1 atom stereocenters. The maximum absolute atomic E-state index is 10.9. The second kappa shape index (κ2) is 5.50. The van der Waals surface area contributed by atoms with Crippen LogP contribution in [0.5, 0.6) is 0 Å². The van der Waals surface area contributed by atoms with Gasteiger partial charge in [-0.05, 0) is 24.4 Å². The lowest BCUT2D eigenvalue weighted by molar-refractivity contribution is 0.514. The Bertz CT molecular complexity index is 376. The second-order valence-electron chi connectivity index (χ2n) is 3.31. The van der Waals surface area contributed by atoms with E-state index in [0.717, 1.165) is 4.88 Å². The maximum atomic E-state index is 10.9. The van der Waals surface area contributed by atoms with Gasteiger partial charge in [-0.3, -0.25) is 11.3 Å². The number of hydrazine groups is 1. The van der Waals surface area contributed by atoms with Crippen LogP contribution in [0, 0.1) is 0 Å². The molecule has 3 N–H and O–H groups in total. The van der Waals surface area contributed by atoms with Crippen molar-refractivity contribution in [2.75, 3.05) is 12.0 Å². The highest BCUT2D eigenvalue weighted by atomic mass is 32.2. The van der Waals surface area contributed by atoms with Crippen LogP contribution in [-0.4, -0.2) is 30.0 Å². The van der Waals surface area contributed by atoms with Crippen LogP contribution in [0.4, 0.5) is 0 Å². The second-order valence-corrected chi connectivity index (χ2v) is 6.39. The topological polar surface area (TPSA) is 98.0 Å². The minimum atomic E-state index is -2.89. The number of aromatic nitrogens is 2. The number of nitrogens with zero attached hydrogens (tertiary/aromatic N) is 2. The van der Waals surface area contributed by atoms with Gasteiger partial charge in [0.1, 0.15) is 9.84 Å². The van der Waals surface area contributed by atoms with E-state index in [1.165, 1.54) is 17.8 Å². The van der Waals surface area contributed by atoms with Crippen molar-refractivity contribution in [3.05, 3.63) is 11.1 Å². The molecular weight excluding hydrogens is 236 g/mol. The van der Waals surface area contributed by atoms with E-state index in [2.05, 4.69) is 15.0 Å². The molecule has 0 aromatic carbocycles.